The van der Waals surface area contributed by atoms with Gasteiger partial charge in [0, 0.05) is 12.8 Å². The molecule has 0 aliphatic heterocycles. The Morgan fingerprint density at radius 3 is 1.20 bits per heavy atom. The first kappa shape index (κ1) is 46.6. The minimum Gasteiger partial charge on any atom is -0.462 e. The average Bonchev–Trinajstić information content (AvgIpc) is 3.12. The molecule has 50 heavy (non-hydrogen) atoms. The summed E-state index contributed by atoms with van der Waals surface area (Å²) in [4.78, 5) is 24.3. The molecule has 1 atom stereocenters. The molecule has 0 rings (SSSR count). The summed E-state index contributed by atoms with van der Waals surface area (Å²) in [5, 5.41) is 9.55. The molecule has 0 unspecified atom stereocenters. The smallest absolute Gasteiger partial charge is 0.306 e. The van der Waals surface area contributed by atoms with Gasteiger partial charge in [-0.3, -0.25) is 9.59 Å². The summed E-state index contributed by atoms with van der Waals surface area (Å²) < 4.78 is 10.6. The highest BCUT2D eigenvalue weighted by Gasteiger charge is 2.16. The second-order valence-electron chi connectivity index (χ2n) is 12.2. The van der Waals surface area contributed by atoms with E-state index in [2.05, 4.69) is 123 Å². The van der Waals surface area contributed by atoms with E-state index in [0.717, 1.165) is 116 Å². The summed E-state index contributed by atoms with van der Waals surface area (Å²) in [6, 6.07) is 0. The molecule has 0 bridgehead atoms. The number of aliphatic hydroxyl groups is 1. The molecular formula is C45H70O5. The van der Waals surface area contributed by atoms with E-state index in [1.807, 2.05) is 0 Å². The number of ether oxygens (including phenoxy) is 2. The Kier molecular flexibility index (Phi) is 37.2. The molecule has 5 nitrogen and oxygen atoms in total. The SMILES string of the molecule is CC/C=C\C/C=C\C/C=C\C/C=C\C/C=C\CCCCCC(=O)OC[C@H](CO)OC(=O)CCCCCC/C=C\C/C=C\C/C=C\C/C=C\CC. The highest BCUT2D eigenvalue weighted by Crippen LogP contribution is 2.09. The van der Waals surface area contributed by atoms with Gasteiger partial charge in [-0.2, -0.15) is 0 Å². The van der Waals surface area contributed by atoms with Gasteiger partial charge in [-0.05, 0) is 96.3 Å². The van der Waals surface area contributed by atoms with Gasteiger partial charge in [0.2, 0.25) is 0 Å². The molecule has 0 aliphatic rings. The maximum Gasteiger partial charge on any atom is 0.306 e. The van der Waals surface area contributed by atoms with Crippen LogP contribution in [0, 0.1) is 0 Å². The van der Waals surface area contributed by atoms with Crippen molar-refractivity contribution in [3.63, 3.8) is 0 Å². The van der Waals surface area contributed by atoms with Gasteiger partial charge in [-0.15, -0.1) is 0 Å². The van der Waals surface area contributed by atoms with Crippen LogP contribution < -0.4 is 0 Å². The van der Waals surface area contributed by atoms with Crippen molar-refractivity contribution in [1.29, 1.82) is 0 Å². The number of esters is 2. The van der Waals surface area contributed by atoms with Gasteiger partial charge >= 0.3 is 11.9 Å². The maximum absolute atomic E-state index is 12.2. The summed E-state index contributed by atoms with van der Waals surface area (Å²) in [7, 11) is 0. The van der Waals surface area contributed by atoms with Crippen molar-refractivity contribution >= 4 is 11.9 Å². The molecule has 5 heteroatoms. The normalized spacial score (nSPS) is 13.4. The lowest BCUT2D eigenvalue weighted by Gasteiger charge is -2.15. The predicted molar refractivity (Wildman–Crippen MR) is 214 cm³/mol. The Morgan fingerprint density at radius 1 is 0.460 bits per heavy atom. The number of allylic oxidation sites excluding steroid dienone is 18. The summed E-state index contributed by atoms with van der Waals surface area (Å²) >= 11 is 0. The van der Waals surface area contributed by atoms with Crippen molar-refractivity contribution in [3.8, 4) is 0 Å². The number of rotatable bonds is 33. The Morgan fingerprint density at radius 2 is 0.800 bits per heavy atom. The molecule has 0 heterocycles. The number of carbonyl (C=O) groups excluding carboxylic acids is 2. The summed E-state index contributed by atoms with van der Waals surface area (Å²) in [5.74, 6) is -0.670. The fourth-order valence-electron chi connectivity index (χ4n) is 4.69. The quantitative estimate of drug-likeness (QED) is 0.0421. The molecule has 0 amide bonds. The number of aliphatic hydroxyl groups excluding tert-OH is 1. The van der Waals surface area contributed by atoms with Gasteiger partial charge in [0.25, 0.3) is 0 Å². The van der Waals surface area contributed by atoms with Crippen molar-refractivity contribution in [2.75, 3.05) is 13.2 Å². The molecule has 0 aromatic carbocycles. The average molecular weight is 691 g/mol. The standard InChI is InChI=1S/C45H70O5/c1-3-5-7-9-11-13-15-17-19-21-22-24-25-27-29-31-33-35-37-39-44(47)49-42-43(41-46)50-45(48)40-38-36-34-32-30-28-26-23-20-18-16-14-12-10-8-6-4-2/h5-8,11-14,17-20,22,24,26-29,43,46H,3-4,9-10,15-16,21,23,25,30-42H2,1-2H3/b7-5-,8-6-,13-11-,14-12-,19-17-,20-18-,24-22-,28-26-,29-27-/t43-/m0/s1. The van der Waals surface area contributed by atoms with E-state index in [0.29, 0.717) is 12.8 Å². The van der Waals surface area contributed by atoms with Crippen LogP contribution in [0.5, 0.6) is 0 Å². The largest absolute Gasteiger partial charge is 0.462 e. The first-order chi connectivity index (χ1) is 24.6. The monoisotopic (exact) mass is 691 g/mol. The molecule has 280 valence electrons. The summed E-state index contributed by atoms with van der Waals surface area (Å²) in [6.07, 6.45) is 57.1. The zero-order chi connectivity index (χ0) is 36.4. The summed E-state index contributed by atoms with van der Waals surface area (Å²) in [6.45, 7) is 3.83. The Labute approximate surface area is 306 Å². The lowest BCUT2D eigenvalue weighted by atomic mass is 10.1. The van der Waals surface area contributed by atoms with E-state index in [-0.39, 0.29) is 25.2 Å². The van der Waals surface area contributed by atoms with E-state index in [4.69, 9.17) is 9.47 Å². The van der Waals surface area contributed by atoms with Crippen LogP contribution in [0.4, 0.5) is 0 Å². The minimum atomic E-state index is -0.806. The van der Waals surface area contributed by atoms with Gasteiger partial charge < -0.3 is 14.6 Å². The molecule has 0 spiro atoms. The molecule has 0 aromatic rings. The second kappa shape index (κ2) is 40.0. The minimum absolute atomic E-state index is 0.101. The number of hydrogen-bond acceptors (Lipinski definition) is 5. The van der Waals surface area contributed by atoms with E-state index in [1.165, 1.54) is 0 Å². The van der Waals surface area contributed by atoms with Crippen molar-refractivity contribution in [1.82, 2.24) is 0 Å². The number of hydrogen-bond donors (Lipinski definition) is 1. The molecule has 0 fully saturated rings. The van der Waals surface area contributed by atoms with Gasteiger partial charge in [-0.25, -0.2) is 0 Å². The molecular weight excluding hydrogens is 620 g/mol. The van der Waals surface area contributed by atoms with E-state index >= 15 is 0 Å². The highest BCUT2D eigenvalue weighted by molar-refractivity contribution is 5.70. The van der Waals surface area contributed by atoms with Gasteiger partial charge in [0.15, 0.2) is 6.10 Å². The zero-order valence-corrected chi connectivity index (χ0v) is 31.6. The first-order valence-corrected chi connectivity index (χ1v) is 19.4. The molecule has 0 radical (unpaired) electrons. The Bertz CT molecular complexity index is 1050. The van der Waals surface area contributed by atoms with Crippen molar-refractivity contribution < 1.29 is 24.2 Å². The van der Waals surface area contributed by atoms with Crippen LogP contribution in [0.2, 0.25) is 0 Å². The number of unbranched alkanes of at least 4 members (excludes halogenated alkanes) is 7. The molecule has 0 aromatic heterocycles. The molecule has 0 saturated heterocycles. The topological polar surface area (TPSA) is 72.8 Å². The lowest BCUT2D eigenvalue weighted by molar-refractivity contribution is -0.161. The predicted octanol–water partition coefficient (Wildman–Crippen LogP) is 12.3. The first-order valence-electron chi connectivity index (χ1n) is 19.4. The van der Waals surface area contributed by atoms with Crippen LogP contribution in [0.3, 0.4) is 0 Å². The van der Waals surface area contributed by atoms with Crippen LogP contribution in [-0.4, -0.2) is 36.4 Å². The molecule has 0 aliphatic carbocycles. The van der Waals surface area contributed by atoms with Crippen molar-refractivity contribution in [3.05, 3.63) is 109 Å². The van der Waals surface area contributed by atoms with Crippen molar-refractivity contribution in [2.24, 2.45) is 0 Å². The second-order valence-corrected chi connectivity index (χ2v) is 12.2. The van der Waals surface area contributed by atoms with Gasteiger partial charge in [0.05, 0.1) is 6.61 Å². The Hall–Kier alpha value is -3.44. The zero-order valence-electron chi connectivity index (χ0n) is 31.6. The van der Waals surface area contributed by atoms with Crippen LogP contribution >= 0.6 is 0 Å². The van der Waals surface area contributed by atoms with Gasteiger partial charge in [0.1, 0.15) is 6.61 Å². The van der Waals surface area contributed by atoms with E-state index in [1.54, 1.807) is 0 Å². The fourth-order valence-corrected chi connectivity index (χ4v) is 4.69. The van der Waals surface area contributed by atoms with Crippen LogP contribution in [0.1, 0.15) is 142 Å². The lowest BCUT2D eigenvalue weighted by Crippen LogP contribution is -2.28. The summed E-state index contributed by atoms with van der Waals surface area (Å²) in [5.41, 5.74) is 0. The third-order valence-electron chi connectivity index (χ3n) is 7.56. The molecule has 1 N–H and O–H groups in total. The number of carbonyl (C=O) groups is 2. The van der Waals surface area contributed by atoms with Crippen molar-refractivity contribution in [2.45, 2.75) is 148 Å². The van der Waals surface area contributed by atoms with Crippen LogP contribution in [0.15, 0.2) is 109 Å². The maximum atomic E-state index is 12.2. The third kappa shape index (κ3) is 37.4. The van der Waals surface area contributed by atoms with Crippen LogP contribution in [-0.2, 0) is 19.1 Å². The van der Waals surface area contributed by atoms with E-state index in [9.17, 15) is 14.7 Å². The van der Waals surface area contributed by atoms with E-state index < -0.39 is 6.10 Å². The fraction of sp³-hybridized carbons (Fsp3) is 0.556. The van der Waals surface area contributed by atoms with Crippen LogP contribution in [0.25, 0.3) is 0 Å². The van der Waals surface area contributed by atoms with Gasteiger partial charge in [-0.1, -0.05) is 142 Å². The highest BCUT2D eigenvalue weighted by atomic mass is 16.6. The molecule has 0 saturated carbocycles. The Balaban J connectivity index is 3.73. The third-order valence-corrected chi connectivity index (χ3v) is 7.56.